The van der Waals surface area contributed by atoms with E-state index in [0.717, 1.165) is 5.56 Å². The van der Waals surface area contributed by atoms with E-state index in [1.165, 1.54) is 4.90 Å². The van der Waals surface area contributed by atoms with Gasteiger partial charge in [-0.3, -0.25) is 19.2 Å². The highest BCUT2D eigenvalue weighted by molar-refractivity contribution is 5.98. The molecule has 2 fully saturated rings. The molecule has 4 amide bonds. The molecule has 32 heavy (non-hydrogen) atoms. The van der Waals surface area contributed by atoms with Crippen molar-refractivity contribution in [1.29, 1.82) is 0 Å². The highest BCUT2D eigenvalue weighted by Gasteiger charge is 2.54. The van der Waals surface area contributed by atoms with Crippen LogP contribution in [0.15, 0.2) is 18.2 Å². The predicted octanol–water partition coefficient (Wildman–Crippen LogP) is 0.135. The number of rotatable bonds is 3. The van der Waals surface area contributed by atoms with Crippen molar-refractivity contribution in [2.45, 2.75) is 24.8 Å². The molecule has 3 atom stereocenters. The number of hydrogen-bond acceptors (Lipinski definition) is 5. The number of carbonyl (C=O) groups is 4. The van der Waals surface area contributed by atoms with Gasteiger partial charge in [-0.15, -0.1) is 0 Å². The molecule has 0 radical (unpaired) electrons. The van der Waals surface area contributed by atoms with Crippen LogP contribution in [0.4, 0.5) is 0 Å². The fourth-order valence-electron chi connectivity index (χ4n) is 5.20. The van der Waals surface area contributed by atoms with Crippen molar-refractivity contribution in [3.8, 4) is 5.75 Å². The van der Waals surface area contributed by atoms with E-state index in [0.29, 0.717) is 30.7 Å². The largest absolute Gasteiger partial charge is 0.497 e. The normalized spacial score (nSPS) is 27.2. The van der Waals surface area contributed by atoms with Gasteiger partial charge in [0.05, 0.1) is 24.5 Å². The fourth-order valence-corrected chi connectivity index (χ4v) is 5.20. The Kier molecular flexibility index (Phi) is 5.60. The lowest BCUT2D eigenvalue weighted by Crippen LogP contribution is -2.57. The van der Waals surface area contributed by atoms with Crippen LogP contribution in [0.2, 0.25) is 0 Å². The number of nitrogens with one attached hydrogen (secondary N) is 1. The Hall–Kier alpha value is -3.10. The minimum Gasteiger partial charge on any atom is -0.497 e. The van der Waals surface area contributed by atoms with E-state index in [4.69, 9.17) is 4.74 Å². The molecule has 3 aliphatic rings. The number of carbonyl (C=O) groups excluding carboxylic acids is 4. The van der Waals surface area contributed by atoms with E-state index in [-0.39, 0.29) is 43.1 Å². The minimum atomic E-state index is -0.866. The lowest BCUT2D eigenvalue weighted by molar-refractivity contribution is -0.136. The van der Waals surface area contributed by atoms with Gasteiger partial charge >= 0.3 is 0 Å². The van der Waals surface area contributed by atoms with Crippen molar-refractivity contribution < 1.29 is 23.9 Å². The Labute approximate surface area is 187 Å². The van der Waals surface area contributed by atoms with Gasteiger partial charge in [-0.05, 0) is 30.5 Å². The van der Waals surface area contributed by atoms with Crippen LogP contribution in [-0.4, -0.2) is 91.8 Å². The minimum absolute atomic E-state index is 0.0506. The van der Waals surface area contributed by atoms with E-state index in [2.05, 4.69) is 5.32 Å². The Morgan fingerprint density at radius 1 is 1.22 bits per heavy atom. The molecular formula is C23H30N4O5. The summed E-state index contributed by atoms with van der Waals surface area (Å²) >= 11 is 0. The number of benzene rings is 1. The van der Waals surface area contributed by atoms with Gasteiger partial charge in [-0.25, -0.2) is 0 Å². The number of aryl methyl sites for hydroxylation is 1. The molecular weight excluding hydrogens is 412 g/mol. The molecule has 0 bridgehead atoms. The number of hydrogen-bond donors (Lipinski definition) is 1. The van der Waals surface area contributed by atoms with E-state index in [9.17, 15) is 19.2 Å². The van der Waals surface area contributed by atoms with Crippen LogP contribution in [0.25, 0.3) is 0 Å². The lowest BCUT2D eigenvalue weighted by Gasteiger charge is -2.34. The molecule has 9 heteroatoms. The summed E-state index contributed by atoms with van der Waals surface area (Å²) in [5, 5.41) is 3.13. The monoisotopic (exact) mass is 442 g/mol. The summed E-state index contributed by atoms with van der Waals surface area (Å²) < 4.78 is 5.27. The topological polar surface area (TPSA) is 99.3 Å². The number of fused-ring (bicyclic) bond motifs is 1. The van der Waals surface area contributed by atoms with Gasteiger partial charge in [0.1, 0.15) is 5.75 Å². The molecule has 0 saturated carbocycles. The standard InChI is InChI=1S/C23H30N4O5/c1-25(2)22(31)18-12-27(21(30)15-9-19(28)26(3)11-15)13-23(18)8-7-14-5-6-16(32-4)10-17(14)20(29)24-23/h5-6,10,15,18H,7-9,11-13H2,1-4H3,(H,24,29)/t15-,18+,23-/m0/s1. The van der Waals surface area contributed by atoms with Crippen molar-refractivity contribution in [2.75, 3.05) is 47.9 Å². The zero-order valence-electron chi connectivity index (χ0n) is 19.0. The Morgan fingerprint density at radius 2 is 1.97 bits per heavy atom. The summed E-state index contributed by atoms with van der Waals surface area (Å²) in [7, 11) is 6.61. The fraction of sp³-hybridized carbons (Fsp3) is 0.565. The lowest BCUT2D eigenvalue weighted by atomic mass is 9.81. The van der Waals surface area contributed by atoms with Crippen LogP contribution < -0.4 is 10.1 Å². The van der Waals surface area contributed by atoms with Gasteiger partial charge in [0, 0.05) is 52.8 Å². The molecule has 3 aliphatic heterocycles. The maximum Gasteiger partial charge on any atom is 0.252 e. The van der Waals surface area contributed by atoms with Crippen molar-refractivity contribution in [2.24, 2.45) is 11.8 Å². The summed E-state index contributed by atoms with van der Waals surface area (Å²) in [6.45, 7) is 0.858. The van der Waals surface area contributed by atoms with Crippen LogP contribution in [0.3, 0.4) is 0 Å². The van der Waals surface area contributed by atoms with Crippen molar-refractivity contribution in [3.05, 3.63) is 29.3 Å². The van der Waals surface area contributed by atoms with E-state index in [1.807, 2.05) is 12.1 Å². The van der Waals surface area contributed by atoms with Gasteiger partial charge < -0.3 is 24.8 Å². The van der Waals surface area contributed by atoms with Crippen LogP contribution in [0, 0.1) is 11.8 Å². The molecule has 0 unspecified atom stereocenters. The maximum atomic E-state index is 13.3. The zero-order valence-corrected chi connectivity index (χ0v) is 19.0. The van der Waals surface area contributed by atoms with Crippen LogP contribution in [-0.2, 0) is 20.8 Å². The first-order chi connectivity index (χ1) is 15.1. The second kappa shape index (κ2) is 8.11. The zero-order chi connectivity index (χ0) is 23.2. The first kappa shape index (κ1) is 22.1. The number of amides is 4. The van der Waals surface area contributed by atoms with Crippen molar-refractivity contribution in [3.63, 3.8) is 0 Å². The highest BCUT2D eigenvalue weighted by Crippen LogP contribution is 2.37. The third-order valence-electron chi connectivity index (χ3n) is 7.05. The maximum absolute atomic E-state index is 13.3. The van der Waals surface area contributed by atoms with E-state index in [1.54, 1.807) is 44.1 Å². The predicted molar refractivity (Wildman–Crippen MR) is 116 cm³/mol. The van der Waals surface area contributed by atoms with Gasteiger partial charge in [-0.1, -0.05) is 6.07 Å². The molecule has 0 aliphatic carbocycles. The summed E-state index contributed by atoms with van der Waals surface area (Å²) in [5.74, 6) is -0.952. The summed E-state index contributed by atoms with van der Waals surface area (Å²) in [6.07, 6.45) is 1.32. The SMILES string of the molecule is COc1ccc2c(c1)C(=O)N[C@@]1(CC2)CN(C(=O)[C@H]2CC(=O)N(C)C2)C[C@@H]1C(=O)N(C)C. The summed E-state index contributed by atoms with van der Waals surface area (Å²) in [6, 6.07) is 5.42. The summed E-state index contributed by atoms with van der Waals surface area (Å²) in [4.78, 5) is 56.4. The molecule has 0 aromatic heterocycles. The Morgan fingerprint density at radius 3 is 2.59 bits per heavy atom. The second-order valence-corrected chi connectivity index (χ2v) is 9.31. The first-order valence-electron chi connectivity index (χ1n) is 10.9. The molecule has 1 spiro atoms. The number of ether oxygens (including phenoxy) is 1. The second-order valence-electron chi connectivity index (χ2n) is 9.31. The molecule has 9 nitrogen and oxygen atoms in total. The molecule has 4 rings (SSSR count). The Bertz CT molecular complexity index is 977. The molecule has 1 aromatic carbocycles. The number of methoxy groups -OCH3 is 1. The number of likely N-dealkylation sites (tertiary alicyclic amines) is 2. The molecule has 2 saturated heterocycles. The Balaban J connectivity index is 1.64. The van der Waals surface area contributed by atoms with Gasteiger partial charge in [0.15, 0.2) is 0 Å². The average Bonchev–Trinajstić information content (AvgIpc) is 3.26. The van der Waals surface area contributed by atoms with Crippen LogP contribution in [0.5, 0.6) is 5.75 Å². The molecule has 3 heterocycles. The third-order valence-corrected chi connectivity index (χ3v) is 7.05. The van der Waals surface area contributed by atoms with E-state index < -0.39 is 17.4 Å². The van der Waals surface area contributed by atoms with Crippen molar-refractivity contribution in [1.82, 2.24) is 20.0 Å². The van der Waals surface area contributed by atoms with Gasteiger partial charge in [-0.2, -0.15) is 0 Å². The average molecular weight is 443 g/mol. The van der Waals surface area contributed by atoms with Crippen LogP contribution >= 0.6 is 0 Å². The van der Waals surface area contributed by atoms with Gasteiger partial charge in [0.25, 0.3) is 5.91 Å². The van der Waals surface area contributed by atoms with Gasteiger partial charge in [0.2, 0.25) is 17.7 Å². The molecule has 172 valence electrons. The van der Waals surface area contributed by atoms with Crippen LogP contribution in [0.1, 0.15) is 28.8 Å². The van der Waals surface area contributed by atoms with E-state index >= 15 is 0 Å². The highest BCUT2D eigenvalue weighted by atomic mass is 16.5. The smallest absolute Gasteiger partial charge is 0.252 e. The van der Waals surface area contributed by atoms with Crippen molar-refractivity contribution >= 4 is 23.6 Å². The quantitative estimate of drug-likeness (QED) is 0.718. The summed E-state index contributed by atoms with van der Waals surface area (Å²) in [5.41, 5.74) is 0.559. The molecule has 1 N–H and O–H groups in total. The number of nitrogens with zero attached hydrogens (tertiary/aromatic N) is 3. The first-order valence-corrected chi connectivity index (χ1v) is 10.9. The third kappa shape index (κ3) is 3.69. The molecule has 1 aromatic rings.